The summed E-state index contributed by atoms with van der Waals surface area (Å²) in [6.07, 6.45) is 3.11. The van der Waals surface area contributed by atoms with Crippen LogP contribution in [-0.4, -0.2) is 27.9 Å². The van der Waals surface area contributed by atoms with Crippen LogP contribution in [0, 0.1) is 16.0 Å². The summed E-state index contributed by atoms with van der Waals surface area (Å²) in [5.74, 6) is 0.576. The van der Waals surface area contributed by atoms with Crippen LogP contribution >= 0.6 is 0 Å². The molecule has 1 fully saturated rings. The van der Waals surface area contributed by atoms with Crippen molar-refractivity contribution in [3.63, 3.8) is 0 Å². The summed E-state index contributed by atoms with van der Waals surface area (Å²) >= 11 is 0. The first kappa shape index (κ1) is 10.9. The van der Waals surface area contributed by atoms with Gasteiger partial charge in [-0.25, -0.2) is 4.68 Å². The first-order valence-corrected chi connectivity index (χ1v) is 5.22. The van der Waals surface area contributed by atoms with Gasteiger partial charge in [0.05, 0.1) is 4.92 Å². The first-order chi connectivity index (χ1) is 7.68. The molecule has 1 aliphatic heterocycles. The maximum atomic E-state index is 10.6. The minimum Gasteiger partial charge on any atom is -0.381 e. The number of nitrogens with two attached hydrogens (primary N) is 1. The van der Waals surface area contributed by atoms with Crippen molar-refractivity contribution >= 4 is 11.5 Å². The number of nitrogen functional groups attached to an aromatic ring is 1. The van der Waals surface area contributed by atoms with Gasteiger partial charge >= 0.3 is 5.69 Å². The van der Waals surface area contributed by atoms with Gasteiger partial charge in [0.25, 0.3) is 0 Å². The summed E-state index contributed by atoms with van der Waals surface area (Å²) in [6, 6.07) is 0. The molecule has 1 saturated heterocycles. The fourth-order valence-electron chi connectivity index (χ4n) is 1.84. The van der Waals surface area contributed by atoms with Gasteiger partial charge in [0, 0.05) is 19.8 Å². The standard InChI is InChI=1S/C9H14N4O3/c10-9-8(13(14)15)5-11-12(9)6-7-1-3-16-4-2-7/h5,7H,1-4,6,10H2. The molecule has 0 spiro atoms. The monoisotopic (exact) mass is 226 g/mol. The largest absolute Gasteiger partial charge is 0.381 e. The quantitative estimate of drug-likeness (QED) is 0.607. The van der Waals surface area contributed by atoms with E-state index in [4.69, 9.17) is 10.5 Å². The maximum Gasteiger partial charge on any atom is 0.330 e. The van der Waals surface area contributed by atoms with Crippen molar-refractivity contribution in [1.82, 2.24) is 9.78 Å². The zero-order valence-corrected chi connectivity index (χ0v) is 8.83. The highest BCUT2D eigenvalue weighted by Gasteiger charge is 2.21. The summed E-state index contributed by atoms with van der Waals surface area (Å²) in [7, 11) is 0. The molecule has 0 saturated carbocycles. The average Bonchev–Trinajstić information content (AvgIpc) is 2.62. The average molecular weight is 226 g/mol. The van der Waals surface area contributed by atoms with Gasteiger partial charge in [0.15, 0.2) is 0 Å². The molecule has 1 aromatic heterocycles. The molecule has 2 rings (SSSR count). The Labute approximate surface area is 92.3 Å². The molecule has 1 aliphatic rings. The van der Waals surface area contributed by atoms with Gasteiger partial charge < -0.3 is 10.5 Å². The minimum atomic E-state index is -0.511. The third-order valence-corrected chi connectivity index (χ3v) is 2.83. The molecule has 7 heteroatoms. The van der Waals surface area contributed by atoms with Crippen LogP contribution < -0.4 is 5.73 Å². The van der Waals surface area contributed by atoms with Gasteiger partial charge in [0.1, 0.15) is 6.20 Å². The van der Waals surface area contributed by atoms with Crippen LogP contribution in [-0.2, 0) is 11.3 Å². The Bertz CT molecular complexity index is 384. The molecule has 7 nitrogen and oxygen atoms in total. The van der Waals surface area contributed by atoms with Crippen molar-refractivity contribution in [1.29, 1.82) is 0 Å². The van der Waals surface area contributed by atoms with Crippen LogP contribution in [0.25, 0.3) is 0 Å². The minimum absolute atomic E-state index is 0.118. The Balaban J connectivity index is 2.06. The maximum absolute atomic E-state index is 10.6. The van der Waals surface area contributed by atoms with E-state index in [1.165, 1.54) is 10.9 Å². The number of nitro groups is 1. The Hall–Kier alpha value is -1.63. The molecule has 0 bridgehead atoms. The van der Waals surface area contributed by atoms with Crippen LogP contribution in [0.3, 0.4) is 0 Å². The smallest absolute Gasteiger partial charge is 0.330 e. The van der Waals surface area contributed by atoms with E-state index in [2.05, 4.69) is 5.10 Å². The van der Waals surface area contributed by atoms with Gasteiger partial charge in [-0.1, -0.05) is 0 Å². The molecule has 2 N–H and O–H groups in total. The van der Waals surface area contributed by atoms with Gasteiger partial charge in [-0.3, -0.25) is 10.1 Å². The lowest BCUT2D eigenvalue weighted by Crippen LogP contribution is -2.21. The fraction of sp³-hybridized carbons (Fsp3) is 0.667. The zero-order valence-electron chi connectivity index (χ0n) is 8.83. The Morgan fingerprint density at radius 3 is 2.88 bits per heavy atom. The molecule has 0 aromatic carbocycles. The Morgan fingerprint density at radius 2 is 2.31 bits per heavy atom. The predicted octanol–water partition coefficient (Wildman–Crippen LogP) is 0.800. The van der Waals surface area contributed by atoms with E-state index < -0.39 is 4.92 Å². The number of nitrogens with zero attached hydrogens (tertiary/aromatic N) is 3. The van der Waals surface area contributed by atoms with Crippen LogP contribution in [0.5, 0.6) is 0 Å². The Kier molecular flexibility index (Phi) is 3.04. The zero-order chi connectivity index (χ0) is 11.5. The Morgan fingerprint density at radius 1 is 1.62 bits per heavy atom. The first-order valence-electron chi connectivity index (χ1n) is 5.22. The molecule has 0 amide bonds. The molecular weight excluding hydrogens is 212 g/mol. The molecule has 0 atom stereocenters. The van der Waals surface area contributed by atoms with Gasteiger partial charge in [0.2, 0.25) is 5.82 Å². The third-order valence-electron chi connectivity index (χ3n) is 2.83. The summed E-state index contributed by atoms with van der Waals surface area (Å²) in [6.45, 7) is 2.12. The molecule has 16 heavy (non-hydrogen) atoms. The summed E-state index contributed by atoms with van der Waals surface area (Å²) in [5.41, 5.74) is 5.53. The van der Waals surface area contributed by atoms with Crippen LogP contribution in [0.2, 0.25) is 0 Å². The number of anilines is 1. The van der Waals surface area contributed by atoms with Crippen molar-refractivity contribution < 1.29 is 9.66 Å². The molecule has 0 radical (unpaired) electrons. The number of hydrogen-bond acceptors (Lipinski definition) is 5. The van der Waals surface area contributed by atoms with Gasteiger partial charge in [-0.15, -0.1) is 0 Å². The van der Waals surface area contributed by atoms with Gasteiger partial charge in [-0.2, -0.15) is 5.10 Å². The van der Waals surface area contributed by atoms with E-state index >= 15 is 0 Å². The van der Waals surface area contributed by atoms with E-state index in [0.717, 1.165) is 26.1 Å². The molecule has 1 aromatic rings. The number of ether oxygens (including phenoxy) is 1. The second-order valence-corrected chi connectivity index (χ2v) is 3.91. The predicted molar refractivity (Wildman–Crippen MR) is 56.8 cm³/mol. The lowest BCUT2D eigenvalue weighted by atomic mass is 10.0. The molecule has 88 valence electrons. The fourth-order valence-corrected chi connectivity index (χ4v) is 1.84. The highest BCUT2D eigenvalue weighted by molar-refractivity contribution is 5.51. The van der Waals surface area contributed by atoms with Crippen molar-refractivity contribution in [2.45, 2.75) is 19.4 Å². The second-order valence-electron chi connectivity index (χ2n) is 3.91. The SMILES string of the molecule is Nc1c([N+](=O)[O-])cnn1CC1CCOCC1. The van der Waals surface area contributed by atoms with Crippen LogP contribution in [0.15, 0.2) is 6.20 Å². The number of rotatable bonds is 3. The van der Waals surface area contributed by atoms with Crippen molar-refractivity contribution in [2.75, 3.05) is 18.9 Å². The van der Waals surface area contributed by atoms with Crippen molar-refractivity contribution in [3.05, 3.63) is 16.3 Å². The highest BCUT2D eigenvalue weighted by Crippen LogP contribution is 2.23. The summed E-state index contributed by atoms with van der Waals surface area (Å²) < 4.78 is 6.75. The summed E-state index contributed by atoms with van der Waals surface area (Å²) in [5, 5.41) is 14.5. The molecule has 0 unspecified atom stereocenters. The van der Waals surface area contributed by atoms with Gasteiger partial charge in [-0.05, 0) is 18.8 Å². The number of aromatic nitrogens is 2. The van der Waals surface area contributed by atoms with Crippen LogP contribution in [0.1, 0.15) is 12.8 Å². The second kappa shape index (κ2) is 4.48. The number of hydrogen-bond donors (Lipinski definition) is 1. The molecule has 2 heterocycles. The van der Waals surface area contributed by atoms with E-state index in [-0.39, 0.29) is 11.5 Å². The normalized spacial score (nSPS) is 17.5. The third kappa shape index (κ3) is 2.13. The van der Waals surface area contributed by atoms with E-state index in [0.29, 0.717) is 12.5 Å². The molecule has 0 aliphatic carbocycles. The van der Waals surface area contributed by atoms with Crippen molar-refractivity contribution in [2.24, 2.45) is 5.92 Å². The summed E-state index contributed by atoms with van der Waals surface area (Å²) in [4.78, 5) is 10.1. The van der Waals surface area contributed by atoms with Crippen LogP contribution in [0.4, 0.5) is 11.5 Å². The highest BCUT2D eigenvalue weighted by atomic mass is 16.6. The van der Waals surface area contributed by atoms with Crippen molar-refractivity contribution in [3.8, 4) is 0 Å². The topological polar surface area (TPSA) is 96.2 Å². The lowest BCUT2D eigenvalue weighted by Gasteiger charge is -2.21. The van der Waals surface area contributed by atoms with E-state index in [1.807, 2.05) is 0 Å². The van der Waals surface area contributed by atoms with E-state index in [1.54, 1.807) is 0 Å². The van der Waals surface area contributed by atoms with E-state index in [9.17, 15) is 10.1 Å². The lowest BCUT2D eigenvalue weighted by molar-refractivity contribution is -0.384. The molecular formula is C9H14N4O3.